The molecule has 0 radical (unpaired) electrons. The van der Waals surface area contributed by atoms with Crippen molar-refractivity contribution in [2.24, 2.45) is 0 Å². The van der Waals surface area contributed by atoms with Crippen molar-refractivity contribution in [2.75, 3.05) is 19.6 Å². The van der Waals surface area contributed by atoms with Gasteiger partial charge in [0.1, 0.15) is 0 Å². The number of hydrogen-bond donors (Lipinski definition) is 0. The Hall–Kier alpha value is -0.810. The van der Waals surface area contributed by atoms with Gasteiger partial charge in [-0.1, -0.05) is 11.6 Å². The normalized spacial score (nSPS) is 18.5. The van der Waals surface area contributed by atoms with E-state index in [2.05, 4.69) is 24.0 Å². The Balaban J connectivity index is 2.15. The lowest BCUT2D eigenvalue weighted by Crippen LogP contribution is -2.29. The van der Waals surface area contributed by atoms with Crippen molar-refractivity contribution in [2.45, 2.75) is 26.2 Å². The van der Waals surface area contributed by atoms with Crippen LogP contribution in [0.4, 0.5) is 0 Å². The average Bonchev–Trinajstić information content (AvgIpc) is 2.09. The van der Waals surface area contributed by atoms with Gasteiger partial charge in [0.15, 0.2) is 0 Å². The van der Waals surface area contributed by atoms with Crippen LogP contribution in [0, 0.1) is 11.3 Å². The lowest BCUT2D eigenvalue weighted by atomic mass is 10.1. The number of nitrogens with zero attached hydrogens (tertiary/aromatic N) is 2. The van der Waals surface area contributed by atoms with E-state index >= 15 is 0 Å². The second-order valence-corrected chi connectivity index (χ2v) is 3.36. The minimum absolute atomic E-state index is 0.694. The first kappa shape index (κ1) is 9.28. The van der Waals surface area contributed by atoms with Crippen LogP contribution in [0.1, 0.15) is 26.2 Å². The van der Waals surface area contributed by atoms with E-state index in [1.165, 1.54) is 18.5 Å². The van der Waals surface area contributed by atoms with Gasteiger partial charge >= 0.3 is 0 Å². The maximum atomic E-state index is 8.36. The number of hydrogen-bond acceptors (Lipinski definition) is 2. The molecule has 0 fully saturated rings. The number of nitriles is 1. The Bertz CT molecular complexity index is 200. The fourth-order valence-corrected chi connectivity index (χ4v) is 1.40. The van der Waals surface area contributed by atoms with Crippen LogP contribution in [0.25, 0.3) is 0 Å². The number of unbranched alkanes of at least 4 members (excludes halogenated alkanes) is 1. The molecular formula is C10H16N2. The summed E-state index contributed by atoms with van der Waals surface area (Å²) in [6.45, 7) is 5.52. The van der Waals surface area contributed by atoms with Crippen molar-refractivity contribution in [3.05, 3.63) is 11.6 Å². The first-order chi connectivity index (χ1) is 5.83. The molecule has 0 aromatic carbocycles. The van der Waals surface area contributed by atoms with Crippen LogP contribution in [0.15, 0.2) is 11.6 Å². The average molecular weight is 164 g/mol. The molecule has 1 aliphatic heterocycles. The van der Waals surface area contributed by atoms with Crippen LogP contribution in [0.2, 0.25) is 0 Å². The van der Waals surface area contributed by atoms with Gasteiger partial charge in [-0.2, -0.15) is 5.26 Å². The predicted octanol–water partition coefficient (Wildman–Crippen LogP) is 1.94. The molecule has 66 valence electrons. The van der Waals surface area contributed by atoms with Gasteiger partial charge in [-0.25, -0.2) is 0 Å². The van der Waals surface area contributed by atoms with Crippen molar-refractivity contribution in [3.63, 3.8) is 0 Å². The predicted molar refractivity (Wildman–Crippen MR) is 49.7 cm³/mol. The topological polar surface area (TPSA) is 27.0 Å². The monoisotopic (exact) mass is 164 g/mol. The van der Waals surface area contributed by atoms with E-state index in [0.717, 1.165) is 19.5 Å². The maximum Gasteiger partial charge on any atom is 0.0622 e. The Labute approximate surface area is 74.5 Å². The molecule has 2 nitrogen and oxygen atoms in total. The molecule has 0 aliphatic carbocycles. The van der Waals surface area contributed by atoms with Crippen molar-refractivity contribution in [1.82, 2.24) is 4.90 Å². The molecule has 0 spiro atoms. The molecule has 0 amide bonds. The molecule has 0 atom stereocenters. The second-order valence-electron chi connectivity index (χ2n) is 3.36. The van der Waals surface area contributed by atoms with Gasteiger partial charge < -0.3 is 0 Å². The molecule has 0 aromatic rings. The van der Waals surface area contributed by atoms with E-state index in [-0.39, 0.29) is 0 Å². The van der Waals surface area contributed by atoms with Crippen molar-refractivity contribution < 1.29 is 0 Å². The smallest absolute Gasteiger partial charge is 0.0622 e. The largest absolute Gasteiger partial charge is 0.299 e. The summed E-state index contributed by atoms with van der Waals surface area (Å²) in [5.74, 6) is 0. The molecule has 0 saturated heterocycles. The van der Waals surface area contributed by atoms with Gasteiger partial charge in [-0.05, 0) is 26.3 Å². The second kappa shape index (κ2) is 4.95. The summed E-state index contributed by atoms with van der Waals surface area (Å²) in [5, 5.41) is 8.36. The van der Waals surface area contributed by atoms with E-state index < -0.39 is 0 Å². The van der Waals surface area contributed by atoms with Gasteiger partial charge in [0, 0.05) is 19.5 Å². The molecule has 0 aromatic heterocycles. The zero-order valence-electron chi connectivity index (χ0n) is 7.71. The van der Waals surface area contributed by atoms with E-state index in [1.54, 1.807) is 0 Å². The van der Waals surface area contributed by atoms with Crippen molar-refractivity contribution >= 4 is 0 Å². The van der Waals surface area contributed by atoms with Crippen LogP contribution in [0.3, 0.4) is 0 Å². The molecule has 12 heavy (non-hydrogen) atoms. The quantitative estimate of drug-likeness (QED) is 0.471. The van der Waals surface area contributed by atoms with Crippen LogP contribution < -0.4 is 0 Å². The lowest BCUT2D eigenvalue weighted by Gasteiger charge is -2.24. The Morgan fingerprint density at radius 1 is 1.67 bits per heavy atom. The molecular weight excluding hydrogens is 148 g/mol. The molecule has 1 aliphatic rings. The Morgan fingerprint density at radius 2 is 2.50 bits per heavy atom. The highest BCUT2D eigenvalue weighted by molar-refractivity contribution is 5.03. The highest BCUT2D eigenvalue weighted by atomic mass is 15.1. The Kier molecular flexibility index (Phi) is 3.83. The van der Waals surface area contributed by atoms with Crippen LogP contribution in [0.5, 0.6) is 0 Å². The van der Waals surface area contributed by atoms with Gasteiger partial charge in [-0.15, -0.1) is 0 Å². The summed E-state index contributed by atoms with van der Waals surface area (Å²) in [4.78, 5) is 2.41. The zero-order chi connectivity index (χ0) is 8.81. The summed E-state index contributed by atoms with van der Waals surface area (Å²) >= 11 is 0. The van der Waals surface area contributed by atoms with E-state index in [4.69, 9.17) is 5.26 Å². The molecule has 0 N–H and O–H groups in total. The molecule has 0 saturated carbocycles. The van der Waals surface area contributed by atoms with Crippen molar-refractivity contribution in [1.29, 1.82) is 5.26 Å². The lowest BCUT2D eigenvalue weighted by molar-refractivity contribution is 0.291. The third-order valence-corrected chi connectivity index (χ3v) is 2.28. The Morgan fingerprint density at radius 3 is 3.08 bits per heavy atom. The van der Waals surface area contributed by atoms with Crippen LogP contribution in [-0.2, 0) is 0 Å². The number of rotatable bonds is 3. The maximum absolute atomic E-state index is 8.36. The molecule has 0 bridgehead atoms. The molecule has 0 unspecified atom stereocenters. The van der Waals surface area contributed by atoms with E-state index in [1.807, 2.05) is 0 Å². The summed E-state index contributed by atoms with van der Waals surface area (Å²) in [6, 6.07) is 2.17. The van der Waals surface area contributed by atoms with Gasteiger partial charge in [0.05, 0.1) is 6.07 Å². The summed E-state index contributed by atoms with van der Waals surface area (Å²) in [7, 11) is 0. The van der Waals surface area contributed by atoms with Crippen LogP contribution >= 0.6 is 0 Å². The molecule has 1 heterocycles. The standard InChI is InChI=1S/C10H16N2/c1-10-4-8-12(9-5-10)7-3-2-6-11/h4H,2-3,5,7-9H2,1H3. The summed E-state index contributed by atoms with van der Waals surface area (Å²) in [6.07, 6.45) is 5.20. The SMILES string of the molecule is CC1=CCN(CCCC#N)CC1. The minimum atomic E-state index is 0.694. The third kappa shape index (κ3) is 3.06. The summed E-state index contributed by atoms with van der Waals surface area (Å²) in [5.41, 5.74) is 1.51. The van der Waals surface area contributed by atoms with E-state index in [9.17, 15) is 0 Å². The summed E-state index contributed by atoms with van der Waals surface area (Å²) < 4.78 is 0. The highest BCUT2D eigenvalue weighted by Gasteiger charge is 2.07. The molecule has 1 rings (SSSR count). The zero-order valence-corrected chi connectivity index (χ0v) is 7.71. The van der Waals surface area contributed by atoms with Gasteiger partial charge in [0.2, 0.25) is 0 Å². The van der Waals surface area contributed by atoms with Gasteiger partial charge in [0.25, 0.3) is 0 Å². The molecule has 2 heteroatoms. The first-order valence-electron chi connectivity index (χ1n) is 4.58. The third-order valence-electron chi connectivity index (χ3n) is 2.28. The fraction of sp³-hybridized carbons (Fsp3) is 0.700. The first-order valence-corrected chi connectivity index (χ1v) is 4.58. The fourth-order valence-electron chi connectivity index (χ4n) is 1.40. The van der Waals surface area contributed by atoms with Crippen molar-refractivity contribution in [3.8, 4) is 6.07 Å². The van der Waals surface area contributed by atoms with Gasteiger partial charge in [-0.3, -0.25) is 4.90 Å². The highest BCUT2D eigenvalue weighted by Crippen LogP contribution is 2.09. The van der Waals surface area contributed by atoms with Crippen LogP contribution in [-0.4, -0.2) is 24.5 Å². The van der Waals surface area contributed by atoms with E-state index in [0.29, 0.717) is 6.42 Å². The minimum Gasteiger partial charge on any atom is -0.299 e.